The Morgan fingerprint density at radius 3 is 2.40 bits per heavy atom. The maximum absolute atomic E-state index is 12.3. The molecule has 2 nitrogen and oxygen atoms in total. The van der Waals surface area contributed by atoms with Gasteiger partial charge in [0.05, 0.1) is 10.0 Å². The topological polar surface area (TPSA) is 20.3 Å². The molecular weight excluding hydrogens is 293 g/mol. The highest BCUT2D eigenvalue weighted by molar-refractivity contribution is 6.43. The summed E-state index contributed by atoms with van der Waals surface area (Å²) in [6, 6.07) is 5.62. The molecule has 0 saturated heterocycles. The number of carbonyl (C=O) groups is 1. The number of hydrogen-bond acceptors (Lipinski definition) is 2. The van der Waals surface area contributed by atoms with Crippen molar-refractivity contribution in [2.45, 2.75) is 40.2 Å². The van der Waals surface area contributed by atoms with E-state index in [1.165, 1.54) is 0 Å². The standard InChI is InChI=1S/C16H23Cl2NO/c1-11(2)10-19(12(3)4)9-8-15(20)13-6-5-7-14(17)16(13)18/h5-7,11-12H,8-10H2,1-4H3. The first-order chi connectivity index (χ1) is 9.32. The minimum Gasteiger partial charge on any atom is -0.300 e. The van der Waals surface area contributed by atoms with Crippen LogP contribution in [0.5, 0.6) is 0 Å². The molecule has 0 amide bonds. The first kappa shape index (κ1) is 17.5. The van der Waals surface area contributed by atoms with Gasteiger partial charge in [0.15, 0.2) is 5.78 Å². The van der Waals surface area contributed by atoms with Crippen LogP contribution >= 0.6 is 23.2 Å². The molecule has 0 unspecified atom stereocenters. The highest BCUT2D eigenvalue weighted by Crippen LogP contribution is 2.26. The maximum atomic E-state index is 12.3. The van der Waals surface area contributed by atoms with E-state index < -0.39 is 0 Å². The van der Waals surface area contributed by atoms with Crippen molar-refractivity contribution in [1.82, 2.24) is 4.90 Å². The lowest BCUT2D eigenvalue weighted by atomic mass is 10.1. The number of Topliss-reactive ketones (excluding diaryl/α,β-unsaturated/α-hetero) is 1. The Morgan fingerprint density at radius 2 is 1.85 bits per heavy atom. The second-order valence-electron chi connectivity index (χ2n) is 5.76. The monoisotopic (exact) mass is 315 g/mol. The fourth-order valence-corrected chi connectivity index (χ4v) is 2.53. The van der Waals surface area contributed by atoms with Crippen LogP contribution in [0.1, 0.15) is 44.5 Å². The number of ketones is 1. The van der Waals surface area contributed by atoms with Crippen LogP contribution in [0.4, 0.5) is 0 Å². The van der Waals surface area contributed by atoms with Crippen LogP contribution in [0.2, 0.25) is 10.0 Å². The van der Waals surface area contributed by atoms with Crippen LogP contribution in [0.15, 0.2) is 18.2 Å². The third kappa shape index (κ3) is 5.08. The van der Waals surface area contributed by atoms with Crippen molar-refractivity contribution in [2.75, 3.05) is 13.1 Å². The average Bonchev–Trinajstić information content (AvgIpc) is 2.36. The Balaban J connectivity index is 2.68. The largest absolute Gasteiger partial charge is 0.300 e. The van der Waals surface area contributed by atoms with Crippen molar-refractivity contribution in [3.63, 3.8) is 0 Å². The molecule has 4 heteroatoms. The van der Waals surface area contributed by atoms with Crippen molar-refractivity contribution in [3.05, 3.63) is 33.8 Å². The summed E-state index contributed by atoms with van der Waals surface area (Å²) in [6.07, 6.45) is 0.463. The summed E-state index contributed by atoms with van der Waals surface area (Å²) >= 11 is 12.0. The molecule has 0 aliphatic heterocycles. The van der Waals surface area contributed by atoms with Gasteiger partial charge in [0.1, 0.15) is 0 Å². The number of halogens is 2. The Bertz CT molecular complexity index is 458. The number of rotatable bonds is 7. The van der Waals surface area contributed by atoms with E-state index in [9.17, 15) is 4.79 Å². The third-order valence-electron chi connectivity index (χ3n) is 3.21. The number of benzene rings is 1. The Labute approximate surface area is 132 Å². The molecule has 0 spiro atoms. The number of hydrogen-bond donors (Lipinski definition) is 0. The Morgan fingerprint density at radius 1 is 1.20 bits per heavy atom. The maximum Gasteiger partial charge on any atom is 0.165 e. The molecule has 1 aromatic carbocycles. The smallest absolute Gasteiger partial charge is 0.165 e. The van der Waals surface area contributed by atoms with Crippen molar-refractivity contribution in [2.24, 2.45) is 5.92 Å². The third-order valence-corrected chi connectivity index (χ3v) is 4.03. The molecule has 0 heterocycles. The molecule has 0 radical (unpaired) electrons. The van der Waals surface area contributed by atoms with Gasteiger partial charge in [-0.05, 0) is 31.9 Å². The molecule has 0 N–H and O–H groups in total. The van der Waals surface area contributed by atoms with E-state index in [0.29, 0.717) is 34.0 Å². The Kier molecular flexibility index (Phi) is 7.01. The first-order valence-corrected chi connectivity index (χ1v) is 7.79. The van der Waals surface area contributed by atoms with E-state index >= 15 is 0 Å². The Hall–Kier alpha value is -0.570. The number of nitrogens with zero attached hydrogens (tertiary/aromatic N) is 1. The summed E-state index contributed by atoms with van der Waals surface area (Å²) in [5, 5.41) is 0.791. The van der Waals surface area contributed by atoms with E-state index in [-0.39, 0.29) is 5.78 Å². The SMILES string of the molecule is CC(C)CN(CCC(=O)c1cccc(Cl)c1Cl)C(C)C. The summed E-state index contributed by atoms with van der Waals surface area (Å²) in [5.74, 6) is 0.633. The molecule has 112 valence electrons. The zero-order valence-electron chi connectivity index (χ0n) is 12.6. The molecule has 0 aliphatic rings. The minimum atomic E-state index is 0.0481. The van der Waals surface area contributed by atoms with Gasteiger partial charge in [0, 0.05) is 31.1 Å². The molecular formula is C16H23Cl2NO. The summed E-state index contributed by atoms with van der Waals surface area (Å²) in [5.41, 5.74) is 0.521. The van der Waals surface area contributed by atoms with E-state index in [2.05, 4.69) is 32.6 Å². The fourth-order valence-electron chi connectivity index (χ4n) is 2.13. The van der Waals surface area contributed by atoms with Crippen molar-refractivity contribution in [1.29, 1.82) is 0 Å². The highest BCUT2D eigenvalue weighted by Gasteiger charge is 2.16. The highest BCUT2D eigenvalue weighted by atomic mass is 35.5. The predicted molar refractivity (Wildman–Crippen MR) is 87.0 cm³/mol. The van der Waals surface area contributed by atoms with Crippen LogP contribution in [0.25, 0.3) is 0 Å². The lowest BCUT2D eigenvalue weighted by Crippen LogP contribution is -2.35. The van der Waals surface area contributed by atoms with E-state index in [1.807, 2.05) is 0 Å². The van der Waals surface area contributed by atoms with Gasteiger partial charge >= 0.3 is 0 Å². The molecule has 20 heavy (non-hydrogen) atoms. The average molecular weight is 316 g/mol. The van der Waals surface area contributed by atoms with Crippen molar-refractivity contribution >= 4 is 29.0 Å². The van der Waals surface area contributed by atoms with Gasteiger partial charge in [-0.2, -0.15) is 0 Å². The summed E-state index contributed by atoms with van der Waals surface area (Å²) in [4.78, 5) is 14.6. The lowest BCUT2D eigenvalue weighted by molar-refractivity contribution is 0.0950. The zero-order valence-corrected chi connectivity index (χ0v) is 14.1. The van der Waals surface area contributed by atoms with E-state index in [0.717, 1.165) is 13.1 Å². The molecule has 0 saturated carbocycles. The quantitative estimate of drug-likeness (QED) is 0.665. The molecule has 1 rings (SSSR count). The van der Waals surface area contributed by atoms with Crippen LogP contribution in [0.3, 0.4) is 0 Å². The van der Waals surface area contributed by atoms with Crippen LogP contribution < -0.4 is 0 Å². The molecule has 0 bridgehead atoms. The molecule has 0 fully saturated rings. The van der Waals surface area contributed by atoms with Gasteiger partial charge < -0.3 is 4.90 Å². The number of carbonyl (C=O) groups excluding carboxylic acids is 1. The predicted octanol–water partition coefficient (Wildman–Crippen LogP) is 4.93. The van der Waals surface area contributed by atoms with E-state index in [4.69, 9.17) is 23.2 Å². The second kappa shape index (κ2) is 8.02. The summed E-state index contributed by atoms with van der Waals surface area (Å²) in [7, 11) is 0. The molecule has 0 atom stereocenters. The lowest BCUT2D eigenvalue weighted by Gasteiger charge is -2.27. The van der Waals surface area contributed by atoms with Crippen molar-refractivity contribution in [3.8, 4) is 0 Å². The summed E-state index contributed by atoms with van der Waals surface area (Å²) in [6.45, 7) is 10.4. The van der Waals surface area contributed by atoms with Gasteiger partial charge in [0.2, 0.25) is 0 Å². The van der Waals surface area contributed by atoms with Gasteiger partial charge in [-0.1, -0.05) is 43.1 Å². The second-order valence-corrected chi connectivity index (χ2v) is 6.54. The van der Waals surface area contributed by atoms with Gasteiger partial charge in [-0.3, -0.25) is 4.79 Å². The minimum absolute atomic E-state index is 0.0481. The van der Waals surface area contributed by atoms with E-state index in [1.54, 1.807) is 18.2 Å². The van der Waals surface area contributed by atoms with Crippen LogP contribution in [-0.2, 0) is 0 Å². The molecule has 0 aliphatic carbocycles. The molecule has 0 aromatic heterocycles. The van der Waals surface area contributed by atoms with Crippen molar-refractivity contribution < 1.29 is 4.79 Å². The van der Waals surface area contributed by atoms with Gasteiger partial charge in [-0.15, -0.1) is 0 Å². The van der Waals surface area contributed by atoms with Gasteiger partial charge in [-0.25, -0.2) is 0 Å². The first-order valence-electron chi connectivity index (χ1n) is 7.04. The fraction of sp³-hybridized carbons (Fsp3) is 0.562. The van der Waals surface area contributed by atoms with Gasteiger partial charge in [0.25, 0.3) is 0 Å². The van der Waals surface area contributed by atoms with Crippen LogP contribution in [0, 0.1) is 5.92 Å². The summed E-state index contributed by atoms with van der Waals surface area (Å²) < 4.78 is 0. The van der Waals surface area contributed by atoms with Crippen LogP contribution in [-0.4, -0.2) is 29.8 Å². The molecule has 1 aromatic rings. The zero-order chi connectivity index (χ0) is 15.3. The normalized spacial score (nSPS) is 11.7.